The molecule has 0 aliphatic rings. The maximum Gasteiger partial charge on any atom is 0.340 e. The monoisotopic (exact) mass is 426 g/mol. The van der Waals surface area contributed by atoms with E-state index in [9.17, 15) is 4.79 Å². The molecule has 0 saturated carbocycles. The number of aromatic amines is 2. The van der Waals surface area contributed by atoms with Crippen LogP contribution < -0.4 is 4.74 Å². The molecule has 158 valence electrons. The largest absolute Gasteiger partial charge is 0.496 e. The minimum absolute atomic E-state index is 0.105. The number of benzene rings is 3. The zero-order valence-corrected chi connectivity index (χ0v) is 17.1. The van der Waals surface area contributed by atoms with Gasteiger partial charge in [0.1, 0.15) is 12.4 Å². The topological polar surface area (TPSA) is 119 Å². The molecular formula is C23H18N6O3. The van der Waals surface area contributed by atoms with Crippen molar-refractivity contribution in [3.05, 3.63) is 78.1 Å². The number of imidazole rings is 1. The Balaban J connectivity index is 1.40. The lowest BCUT2D eigenvalue weighted by Crippen LogP contribution is -2.06. The van der Waals surface area contributed by atoms with Crippen molar-refractivity contribution in [1.29, 1.82) is 0 Å². The summed E-state index contributed by atoms with van der Waals surface area (Å²) in [5.74, 6) is 0.786. The van der Waals surface area contributed by atoms with Crippen molar-refractivity contribution < 1.29 is 14.3 Å². The Hall–Kier alpha value is -4.53. The number of esters is 1. The van der Waals surface area contributed by atoms with Crippen LogP contribution in [0.25, 0.3) is 33.5 Å². The van der Waals surface area contributed by atoms with Crippen molar-refractivity contribution in [3.63, 3.8) is 0 Å². The zero-order chi connectivity index (χ0) is 21.9. The third kappa shape index (κ3) is 3.56. The first-order chi connectivity index (χ1) is 15.7. The number of ether oxygens (including phenoxy) is 2. The summed E-state index contributed by atoms with van der Waals surface area (Å²) in [6.07, 6.45) is 1.55. The van der Waals surface area contributed by atoms with Crippen LogP contribution in [0.1, 0.15) is 15.9 Å². The Bertz CT molecular complexity index is 1390. The van der Waals surface area contributed by atoms with E-state index in [4.69, 9.17) is 9.47 Å². The maximum absolute atomic E-state index is 12.6. The molecule has 9 nitrogen and oxygen atoms in total. The van der Waals surface area contributed by atoms with E-state index in [1.165, 1.54) is 0 Å². The second-order valence-electron chi connectivity index (χ2n) is 7.01. The molecule has 5 aromatic rings. The van der Waals surface area contributed by atoms with Crippen LogP contribution in [0.5, 0.6) is 5.75 Å². The van der Waals surface area contributed by atoms with E-state index in [1.54, 1.807) is 25.6 Å². The Morgan fingerprint density at radius 1 is 1.00 bits per heavy atom. The van der Waals surface area contributed by atoms with Gasteiger partial charge in [0.15, 0.2) is 5.82 Å². The van der Waals surface area contributed by atoms with Crippen LogP contribution in [0.3, 0.4) is 0 Å². The SMILES string of the molecule is COc1cc(COC(=O)c2cccc3nc[nH]c23)ccc1-c1ccccc1-c1nnn[nH]1. The predicted octanol–water partition coefficient (Wildman–Crippen LogP) is 3.78. The first-order valence-electron chi connectivity index (χ1n) is 9.84. The van der Waals surface area contributed by atoms with Crippen molar-refractivity contribution in [2.75, 3.05) is 7.11 Å². The van der Waals surface area contributed by atoms with Gasteiger partial charge in [-0.05, 0) is 39.8 Å². The summed E-state index contributed by atoms with van der Waals surface area (Å²) in [5.41, 5.74) is 5.25. The number of tetrazole rings is 1. The molecule has 0 saturated heterocycles. The van der Waals surface area contributed by atoms with Crippen LogP contribution in [0.15, 0.2) is 67.0 Å². The molecule has 2 aromatic heterocycles. The summed E-state index contributed by atoms with van der Waals surface area (Å²) in [4.78, 5) is 19.8. The number of fused-ring (bicyclic) bond motifs is 1. The van der Waals surface area contributed by atoms with Gasteiger partial charge in [-0.25, -0.2) is 14.9 Å². The van der Waals surface area contributed by atoms with Crippen molar-refractivity contribution in [2.24, 2.45) is 0 Å². The Labute approximate surface area is 182 Å². The van der Waals surface area contributed by atoms with Crippen molar-refractivity contribution in [1.82, 2.24) is 30.6 Å². The molecular weight excluding hydrogens is 408 g/mol. The lowest BCUT2D eigenvalue weighted by Gasteiger charge is -2.13. The molecule has 0 fully saturated rings. The number of hydrogen-bond donors (Lipinski definition) is 2. The lowest BCUT2D eigenvalue weighted by molar-refractivity contribution is 0.0474. The fourth-order valence-corrected chi connectivity index (χ4v) is 3.61. The summed E-state index contributed by atoms with van der Waals surface area (Å²) >= 11 is 0. The smallest absolute Gasteiger partial charge is 0.340 e. The zero-order valence-electron chi connectivity index (χ0n) is 17.1. The number of methoxy groups -OCH3 is 1. The molecule has 2 N–H and O–H groups in total. The summed E-state index contributed by atoms with van der Waals surface area (Å²) < 4.78 is 11.2. The van der Waals surface area contributed by atoms with E-state index in [1.807, 2.05) is 48.5 Å². The molecule has 0 aliphatic heterocycles. The standard InChI is InChI=1S/C23H18N6O3/c1-31-20-11-14(12-32-23(30)18-7-4-8-19-21(18)25-13-24-19)9-10-16(20)15-5-2-3-6-17(15)22-26-28-29-27-22/h2-11,13H,12H2,1H3,(H,24,25)(H,26,27,28,29). The van der Waals surface area contributed by atoms with E-state index in [-0.39, 0.29) is 6.61 Å². The highest BCUT2D eigenvalue weighted by molar-refractivity contribution is 6.01. The van der Waals surface area contributed by atoms with E-state index >= 15 is 0 Å². The number of carbonyl (C=O) groups excluding carboxylic acids is 1. The highest BCUT2D eigenvalue weighted by Gasteiger charge is 2.16. The maximum atomic E-state index is 12.6. The number of carbonyl (C=O) groups is 1. The molecule has 0 unspecified atom stereocenters. The van der Waals surface area contributed by atoms with E-state index in [0.717, 1.165) is 22.3 Å². The number of nitrogens with zero attached hydrogens (tertiary/aromatic N) is 4. The number of H-pyrrole nitrogens is 2. The number of nitrogens with one attached hydrogen (secondary N) is 2. The molecule has 0 amide bonds. The molecule has 0 spiro atoms. The molecule has 0 atom stereocenters. The quantitative estimate of drug-likeness (QED) is 0.397. The Morgan fingerprint density at radius 2 is 1.88 bits per heavy atom. The number of rotatable bonds is 6. The Morgan fingerprint density at radius 3 is 2.69 bits per heavy atom. The third-order valence-corrected chi connectivity index (χ3v) is 5.13. The van der Waals surface area contributed by atoms with Crippen LogP contribution in [0.4, 0.5) is 0 Å². The second kappa shape index (κ2) is 8.31. The number of hydrogen-bond acceptors (Lipinski definition) is 7. The van der Waals surface area contributed by atoms with Gasteiger partial charge in [0, 0.05) is 11.1 Å². The minimum Gasteiger partial charge on any atom is -0.496 e. The van der Waals surface area contributed by atoms with Gasteiger partial charge in [0.25, 0.3) is 0 Å². The highest BCUT2D eigenvalue weighted by Crippen LogP contribution is 2.36. The lowest BCUT2D eigenvalue weighted by atomic mass is 9.97. The summed E-state index contributed by atoms with van der Waals surface area (Å²) in [7, 11) is 1.60. The normalized spacial score (nSPS) is 10.9. The second-order valence-corrected chi connectivity index (χ2v) is 7.01. The van der Waals surface area contributed by atoms with E-state index in [0.29, 0.717) is 28.2 Å². The molecule has 0 aliphatic carbocycles. The van der Waals surface area contributed by atoms with Crippen molar-refractivity contribution >= 4 is 17.0 Å². The summed E-state index contributed by atoms with van der Waals surface area (Å²) in [5, 5.41) is 14.1. The van der Waals surface area contributed by atoms with Gasteiger partial charge < -0.3 is 14.5 Å². The molecule has 3 aromatic carbocycles. The van der Waals surface area contributed by atoms with Gasteiger partial charge in [-0.3, -0.25) is 0 Å². The van der Waals surface area contributed by atoms with Crippen LogP contribution in [-0.2, 0) is 11.3 Å². The fourth-order valence-electron chi connectivity index (χ4n) is 3.61. The fraction of sp³-hybridized carbons (Fsp3) is 0.0870. The molecule has 9 heteroatoms. The van der Waals surface area contributed by atoms with Gasteiger partial charge in [0.05, 0.1) is 30.0 Å². The summed E-state index contributed by atoms with van der Waals surface area (Å²) in [6, 6.07) is 18.8. The number of para-hydroxylation sites is 1. The highest BCUT2D eigenvalue weighted by atomic mass is 16.5. The number of aromatic nitrogens is 6. The summed E-state index contributed by atoms with van der Waals surface area (Å²) in [6.45, 7) is 0.105. The van der Waals surface area contributed by atoms with Crippen LogP contribution in [0.2, 0.25) is 0 Å². The van der Waals surface area contributed by atoms with E-state index in [2.05, 4.69) is 30.6 Å². The van der Waals surface area contributed by atoms with Gasteiger partial charge in [-0.2, -0.15) is 0 Å². The van der Waals surface area contributed by atoms with Crippen LogP contribution in [0, 0.1) is 0 Å². The minimum atomic E-state index is -0.425. The van der Waals surface area contributed by atoms with Crippen LogP contribution in [-0.4, -0.2) is 43.7 Å². The van der Waals surface area contributed by atoms with Gasteiger partial charge in [-0.1, -0.05) is 42.5 Å². The molecule has 2 heterocycles. The van der Waals surface area contributed by atoms with Gasteiger partial charge in [0.2, 0.25) is 0 Å². The van der Waals surface area contributed by atoms with Gasteiger partial charge >= 0.3 is 5.97 Å². The molecule has 5 rings (SSSR count). The molecule has 32 heavy (non-hydrogen) atoms. The van der Waals surface area contributed by atoms with Crippen molar-refractivity contribution in [3.8, 4) is 28.3 Å². The predicted molar refractivity (Wildman–Crippen MR) is 117 cm³/mol. The molecule has 0 radical (unpaired) electrons. The van der Waals surface area contributed by atoms with Gasteiger partial charge in [-0.15, -0.1) is 5.10 Å². The average Bonchev–Trinajstić information content (AvgIpc) is 3.54. The third-order valence-electron chi connectivity index (χ3n) is 5.13. The first kappa shape index (κ1) is 19.4. The van der Waals surface area contributed by atoms with Crippen molar-refractivity contribution in [2.45, 2.75) is 6.61 Å². The van der Waals surface area contributed by atoms with E-state index < -0.39 is 5.97 Å². The Kier molecular flexibility index (Phi) is 5.04. The average molecular weight is 426 g/mol. The van der Waals surface area contributed by atoms with Crippen LogP contribution >= 0.6 is 0 Å². The first-order valence-corrected chi connectivity index (χ1v) is 9.84. The molecule has 0 bridgehead atoms.